The van der Waals surface area contributed by atoms with E-state index in [1.54, 1.807) is 0 Å². The standard InChI is InChI=1S/C7H7BO3/c9-5-6-3-1-2-4-7(6)8(10)11/h1-5,10-11H/i3D,5D. The molecule has 0 amide bonds. The van der Waals surface area contributed by atoms with E-state index in [1.165, 1.54) is 18.2 Å². The number of hydrogen-bond donors (Lipinski definition) is 2. The highest BCUT2D eigenvalue weighted by Crippen LogP contribution is 1.92. The van der Waals surface area contributed by atoms with Crippen LogP contribution in [0.3, 0.4) is 0 Å². The molecule has 1 aromatic carbocycles. The van der Waals surface area contributed by atoms with E-state index < -0.39 is 13.4 Å². The molecule has 0 radical (unpaired) electrons. The van der Waals surface area contributed by atoms with Gasteiger partial charge in [0.15, 0.2) is 0 Å². The van der Waals surface area contributed by atoms with Crippen molar-refractivity contribution in [3.63, 3.8) is 0 Å². The second-order valence-corrected chi connectivity index (χ2v) is 1.98. The van der Waals surface area contributed by atoms with Crippen LogP contribution in [0.4, 0.5) is 0 Å². The summed E-state index contributed by atoms with van der Waals surface area (Å²) in [6.07, 6.45) is -1.09. The highest BCUT2D eigenvalue weighted by atomic mass is 16.4. The Morgan fingerprint density at radius 2 is 2.36 bits per heavy atom. The minimum atomic E-state index is -1.82. The Balaban J connectivity index is 3.34. The first kappa shape index (κ1) is 5.52. The van der Waals surface area contributed by atoms with E-state index in [4.69, 9.17) is 12.8 Å². The van der Waals surface area contributed by atoms with Gasteiger partial charge in [0, 0.05) is 5.56 Å². The number of rotatable bonds is 2. The summed E-state index contributed by atoms with van der Waals surface area (Å²) in [5.74, 6) is 0. The number of carbonyl (C=O) groups excluding carboxylic acids is 1. The fourth-order valence-corrected chi connectivity index (χ4v) is 0.753. The third-order valence-electron chi connectivity index (χ3n) is 1.27. The monoisotopic (exact) mass is 152 g/mol. The summed E-state index contributed by atoms with van der Waals surface area (Å²) < 4.78 is 14.1. The molecule has 0 unspecified atom stereocenters. The molecule has 0 aromatic heterocycles. The molecule has 2 N–H and O–H groups in total. The van der Waals surface area contributed by atoms with Crippen LogP contribution in [0.5, 0.6) is 0 Å². The number of hydrogen-bond acceptors (Lipinski definition) is 3. The second kappa shape index (κ2) is 3.32. The van der Waals surface area contributed by atoms with Crippen LogP contribution in [0.15, 0.2) is 24.2 Å². The summed E-state index contributed by atoms with van der Waals surface area (Å²) in [5.41, 5.74) is -0.370. The van der Waals surface area contributed by atoms with Crippen LogP contribution >= 0.6 is 0 Å². The molecule has 3 nitrogen and oxygen atoms in total. The molecule has 1 aromatic rings. The average molecular weight is 152 g/mol. The van der Waals surface area contributed by atoms with E-state index in [0.717, 1.165) is 0 Å². The molecule has 0 fully saturated rings. The van der Waals surface area contributed by atoms with Gasteiger partial charge in [-0.3, -0.25) is 4.79 Å². The maximum Gasteiger partial charge on any atom is 0.489 e. The van der Waals surface area contributed by atoms with Crippen LogP contribution in [0, 0.1) is 0 Å². The molecule has 56 valence electrons. The predicted molar refractivity (Wildman–Crippen MR) is 41.7 cm³/mol. The topological polar surface area (TPSA) is 57.5 Å². The molecule has 0 aliphatic heterocycles. The summed E-state index contributed by atoms with van der Waals surface area (Å²) in [7, 11) is -1.82. The molecule has 0 bridgehead atoms. The van der Waals surface area contributed by atoms with Crippen molar-refractivity contribution in [1.82, 2.24) is 0 Å². The molecule has 0 saturated carbocycles. The first-order valence-electron chi connectivity index (χ1n) is 4.00. The van der Waals surface area contributed by atoms with Gasteiger partial charge in [0.2, 0.25) is 0 Å². The largest absolute Gasteiger partial charge is 0.489 e. The van der Waals surface area contributed by atoms with E-state index in [2.05, 4.69) is 0 Å². The highest BCUT2D eigenvalue weighted by Gasteiger charge is 2.13. The Morgan fingerprint density at radius 1 is 1.64 bits per heavy atom. The van der Waals surface area contributed by atoms with Crippen molar-refractivity contribution in [3.8, 4) is 0 Å². The average Bonchev–Trinajstić information content (AvgIpc) is 2.02. The summed E-state index contributed by atoms with van der Waals surface area (Å²) >= 11 is 0. The molecular weight excluding hydrogens is 143 g/mol. The van der Waals surface area contributed by atoms with Crippen molar-refractivity contribution >= 4 is 18.8 Å². The minimum Gasteiger partial charge on any atom is -0.423 e. The summed E-state index contributed by atoms with van der Waals surface area (Å²) in [5, 5.41) is 17.6. The van der Waals surface area contributed by atoms with E-state index >= 15 is 0 Å². The van der Waals surface area contributed by atoms with Gasteiger partial charge in [-0.2, -0.15) is 0 Å². The molecule has 4 heteroatoms. The second-order valence-electron chi connectivity index (χ2n) is 1.98. The Hall–Kier alpha value is -1.13. The van der Waals surface area contributed by atoms with Crippen LogP contribution in [0.25, 0.3) is 0 Å². The Kier molecular flexibility index (Phi) is 1.66. The van der Waals surface area contributed by atoms with Crippen LogP contribution < -0.4 is 5.46 Å². The Bertz CT molecular complexity index is 341. The lowest BCUT2D eigenvalue weighted by molar-refractivity contribution is 0.112. The van der Waals surface area contributed by atoms with Crippen molar-refractivity contribution in [3.05, 3.63) is 29.8 Å². The summed E-state index contributed by atoms with van der Waals surface area (Å²) in [6.45, 7) is 0. The van der Waals surface area contributed by atoms with Crippen LogP contribution in [0.2, 0.25) is 0 Å². The van der Waals surface area contributed by atoms with Gasteiger partial charge in [-0.25, -0.2) is 0 Å². The van der Waals surface area contributed by atoms with E-state index in [1.807, 2.05) is 0 Å². The van der Waals surface area contributed by atoms with Crippen LogP contribution in [0.1, 0.15) is 13.1 Å². The number of benzene rings is 1. The minimum absolute atomic E-state index is 0.104. The Morgan fingerprint density at radius 3 is 2.82 bits per heavy atom. The van der Waals surface area contributed by atoms with E-state index in [-0.39, 0.29) is 17.1 Å². The molecule has 0 heterocycles. The maximum absolute atomic E-state index is 10.7. The molecule has 0 saturated heterocycles. The lowest BCUT2D eigenvalue weighted by atomic mass is 9.77. The zero-order valence-corrected chi connectivity index (χ0v) is 5.61. The van der Waals surface area contributed by atoms with Gasteiger partial charge >= 0.3 is 7.12 Å². The van der Waals surface area contributed by atoms with Crippen molar-refractivity contribution in [1.29, 1.82) is 0 Å². The van der Waals surface area contributed by atoms with Gasteiger partial charge in [-0.05, 0) is 5.46 Å². The van der Waals surface area contributed by atoms with Crippen molar-refractivity contribution in [2.45, 2.75) is 0 Å². The number of aldehydes is 1. The lowest BCUT2D eigenvalue weighted by Gasteiger charge is -2.00. The molecule has 0 atom stereocenters. The van der Waals surface area contributed by atoms with Gasteiger partial charge < -0.3 is 10.0 Å². The third kappa shape index (κ3) is 1.66. The van der Waals surface area contributed by atoms with Gasteiger partial charge in [-0.15, -0.1) is 0 Å². The van der Waals surface area contributed by atoms with Crippen LogP contribution in [-0.4, -0.2) is 23.4 Å². The molecular formula is C7H7BO3. The predicted octanol–water partition coefficient (Wildman–Crippen LogP) is -0.821. The molecule has 0 aliphatic carbocycles. The number of carbonyl (C=O) groups is 1. The quantitative estimate of drug-likeness (QED) is 0.429. The zero-order valence-electron chi connectivity index (χ0n) is 7.61. The SMILES string of the molecule is [2H]C(=O)c1c([2H])cccc1B(O)O. The van der Waals surface area contributed by atoms with Crippen molar-refractivity contribution in [2.75, 3.05) is 0 Å². The van der Waals surface area contributed by atoms with Gasteiger partial charge in [-0.1, -0.05) is 24.2 Å². The normalized spacial score (nSPS) is 11.8. The first-order chi connectivity index (χ1) is 6.04. The van der Waals surface area contributed by atoms with Gasteiger partial charge in [0.1, 0.15) is 7.63 Å². The Labute approximate surface area is 67.2 Å². The van der Waals surface area contributed by atoms with Crippen LogP contribution in [-0.2, 0) is 0 Å². The van der Waals surface area contributed by atoms with E-state index in [9.17, 15) is 4.79 Å². The summed E-state index contributed by atoms with van der Waals surface area (Å²) in [6, 6.07) is 3.85. The zero-order chi connectivity index (χ0) is 10.0. The smallest absolute Gasteiger partial charge is 0.423 e. The fourth-order valence-electron chi connectivity index (χ4n) is 0.753. The third-order valence-corrected chi connectivity index (χ3v) is 1.27. The molecule has 1 rings (SSSR count). The maximum atomic E-state index is 10.7. The molecule has 0 aliphatic rings. The van der Waals surface area contributed by atoms with Crippen molar-refractivity contribution < 1.29 is 17.6 Å². The van der Waals surface area contributed by atoms with Gasteiger partial charge in [0.25, 0.3) is 0 Å². The van der Waals surface area contributed by atoms with E-state index in [0.29, 0.717) is 0 Å². The fraction of sp³-hybridized carbons (Fsp3) is 0. The first-order valence-corrected chi connectivity index (χ1v) is 3.00. The van der Waals surface area contributed by atoms with Gasteiger partial charge in [0.05, 0.1) is 1.37 Å². The molecule has 0 spiro atoms. The molecule has 11 heavy (non-hydrogen) atoms. The van der Waals surface area contributed by atoms with Crippen molar-refractivity contribution in [2.24, 2.45) is 0 Å². The lowest BCUT2D eigenvalue weighted by Crippen LogP contribution is -2.32. The summed E-state index contributed by atoms with van der Waals surface area (Å²) in [4.78, 5) is 10.7. The highest BCUT2D eigenvalue weighted by molar-refractivity contribution is 6.60.